The molecule has 0 aromatic carbocycles. The molecular formula is C12H27NO2. The molecule has 0 spiro atoms. The molecule has 2 unspecified atom stereocenters. The molecule has 0 bridgehead atoms. The molecule has 0 heterocycles. The van der Waals surface area contributed by atoms with E-state index in [-0.39, 0.29) is 12.2 Å². The van der Waals surface area contributed by atoms with Gasteiger partial charge >= 0.3 is 0 Å². The minimum absolute atomic E-state index is 0.194. The van der Waals surface area contributed by atoms with Crippen LogP contribution < -0.4 is 0 Å². The summed E-state index contributed by atoms with van der Waals surface area (Å²) in [5.41, 5.74) is 0. The molecular weight excluding hydrogens is 190 g/mol. The molecule has 3 nitrogen and oxygen atoms in total. The molecule has 0 aromatic rings. The minimum Gasteiger partial charge on any atom is -0.389 e. The van der Waals surface area contributed by atoms with Crippen LogP contribution in [0.5, 0.6) is 0 Å². The van der Waals surface area contributed by atoms with Gasteiger partial charge in [-0.15, -0.1) is 0 Å². The Hall–Kier alpha value is -0.120. The molecule has 1 N–H and O–H groups in total. The summed E-state index contributed by atoms with van der Waals surface area (Å²) >= 11 is 0. The van der Waals surface area contributed by atoms with Crippen molar-refractivity contribution in [2.45, 2.75) is 46.3 Å². The van der Waals surface area contributed by atoms with Gasteiger partial charge in [0.25, 0.3) is 0 Å². The standard InChI is InChI=1S/C12H27NO2/c1-6-11(4)7-13(5)8-12(14)9-15-10(2)3/h10-12,14H,6-9H2,1-5H3. The van der Waals surface area contributed by atoms with Gasteiger partial charge in [0.2, 0.25) is 0 Å². The second kappa shape index (κ2) is 8.08. The molecule has 0 aromatic heterocycles. The number of ether oxygens (including phenoxy) is 1. The van der Waals surface area contributed by atoms with Crippen molar-refractivity contribution in [3.8, 4) is 0 Å². The first kappa shape index (κ1) is 14.9. The van der Waals surface area contributed by atoms with Gasteiger partial charge in [-0.1, -0.05) is 20.3 Å². The Labute approximate surface area is 94.4 Å². The summed E-state index contributed by atoms with van der Waals surface area (Å²) < 4.78 is 5.36. The normalized spacial score (nSPS) is 16.0. The van der Waals surface area contributed by atoms with Crippen LogP contribution in [0.4, 0.5) is 0 Å². The molecule has 2 atom stereocenters. The summed E-state index contributed by atoms with van der Waals surface area (Å²) in [6.45, 7) is 10.5. The van der Waals surface area contributed by atoms with Gasteiger partial charge in [-0.3, -0.25) is 0 Å². The highest BCUT2D eigenvalue weighted by atomic mass is 16.5. The Morgan fingerprint density at radius 1 is 1.20 bits per heavy atom. The summed E-state index contributed by atoms with van der Waals surface area (Å²) in [5, 5.41) is 9.69. The van der Waals surface area contributed by atoms with Crippen molar-refractivity contribution in [3.05, 3.63) is 0 Å². The van der Waals surface area contributed by atoms with Crippen molar-refractivity contribution in [2.75, 3.05) is 26.7 Å². The third kappa shape index (κ3) is 8.85. The average Bonchev–Trinajstić information content (AvgIpc) is 2.14. The lowest BCUT2D eigenvalue weighted by Gasteiger charge is -2.23. The largest absolute Gasteiger partial charge is 0.389 e. The zero-order valence-electron chi connectivity index (χ0n) is 10.9. The molecule has 92 valence electrons. The number of nitrogens with zero attached hydrogens (tertiary/aromatic N) is 1. The Balaban J connectivity index is 3.61. The van der Waals surface area contributed by atoms with E-state index in [1.165, 1.54) is 6.42 Å². The molecule has 0 saturated heterocycles. The van der Waals surface area contributed by atoms with Crippen molar-refractivity contribution in [1.82, 2.24) is 4.90 Å². The molecule has 0 rings (SSSR count). The van der Waals surface area contributed by atoms with E-state index in [1.54, 1.807) is 0 Å². The van der Waals surface area contributed by atoms with E-state index in [0.29, 0.717) is 19.1 Å². The zero-order valence-corrected chi connectivity index (χ0v) is 10.9. The van der Waals surface area contributed by atoms with Gasteiger partial charge in [0.05, 0.1) is 18.8 Å². The second-order valence-electron chi connectivity index (χ2n) is 4.77. The number of hydrogen-bond donors (Lipinski definition) is 1. The fourth-order valence-corrected chi connectivity index (χ4v) is 1.45. The highest BCUT2D eigenvalue weighted by Gasteiger charge is 2.11. The Morgan fingerprint density at radius 3 is 2.27 bits per heavy atom. The summed E-state index contributed by atoms with van der Waals surface area (Å²) in [7, 11) is 2.05. The van der Waals surface area contributed by atoms with Gasteiger partial charge in [-0.25, -0.2) is 0 Å². The van der Waals surface area contributed by atoms with Crippen molar-refractivity contribution in [3.63, 3.8) is 0 Å². The van der Waals surface area contributed by atoms with Crippen LogP contribution in [-0.4, -0.2) is 49.0 Å². The fraction of sp³-hybridized carbons (Fsp3) is 1.00. The van der Waals surface area contributed by atoms with Crippen LogP contribution in [0.3, 0.4) is 0 Å². The molecule has 0 aliphatic heterocycles. The summed E-state index contributed by atoms with van der Waals surface area (Å²) in [6, 6.07) is 0. The van der Waals surface area contributed by atoms with Crippen LogP contribution in [-0.2, 0) is 4.74 Å². The van der Waals surface area contributed by atoms with Gasteiger partial charge in [-0.2, -0.15) is 0 Å². The maximum absolute atomic E-state index is 9.69. The highest BCUT2D eigenvalue weighted by molar-refractivity contribution is 4.63. The smallest absolute Gasteiger partial charge is 0.0900 e. The van der Waals surface area contributed by atoms with E-state index in [2.05, 4.69) is 18.7 Å². The van der Waals surface area contributed by atoms with Crippen LogP contribution in [0.2, 0.25) is 0 Å². The molecule has 15 heavy (non-hydrogen) atoms. The van der Waals surface area contributed by atoms with Crippen LogP contribution in [0.25, 0.3) is 0 Å². The Morgan fingerprint density at radius 2 is 1.80 bits per heavy atom. The topological polar surface area (TPSA) is 32.7 Å². The van der Waals surface area contributed by atoms with Crippen LogP contribution in [0, 0.1) is 5.92 Å². The Bertz CT molecular complexity index is 151. The van der Waals surface area contributed by atoms with Gasteiger partial charge < -0.3 is 14.7 Å². The number of likely N-dealkylation sites (N-methyl/N-ethyl adjacent to an activating group) is 1. The predicted molar refractivity (Wildman–Crippen MR) is 64.0 cm³/mol. The average molecular weight is 217 g/mol. The van der Waals surface area contributed by atoms with Crippen LogP contribution in [0.1, 0.15) is 34.1 Å². The lowest BCUT2D eigenvalue weighted by atomic mass is 10.1. The molecule has 0 radical (unpaired) electrons. The number of aliphatic hydroxyl groups excluding tert-OH is 1. The van der Waals surface area contributed by atoms with Crippen molar-refractivity contribution in [1.29, 1.82) is 0 Å². The predicted octanol–water partition coefficient (Wildman–Crippen LogP) is 1.75. The molecule has 0 aliphatic carbocycles. The van der Waals surface area contributed by atoms with Crippen LogP contribution in [0.15, 0.2) is 0 Å². The van der Waals surface area contributed by atoms with Gasteiger partial charge in [0.15, 0.2) is 0 Å². The first-order chi connectivity index (χ1) is 6.95. The van der Waals surface area contributed by atoms with Crippen molar-refractivity contribution in [2.24, 2.45) is 5.92 Å². The second-order valence-corrected chi connectivity index (χ2v) is 4.77. The number of hydrogen-bond acceptors (Lipinski definition) is 3. The van der Waals surface area contributed by atoms with E-state index in [0.717, 1.165) is 6.54 Å². The van der Waals surface area contributed by atoms with E-state index < -0.39 is 0 Å². The third-order valence-corrected chi connectivity index (χ3v) is 2.46. The van der Waals surface area contributed by atoms with E-state index in [1.807, 2.05) is 20.9 Å². The van der Waals surface area contributed by atoms with Crippen molar-refractivity contribution >= 4 is 0 Å². The highest BCUT2D eigenvalue weighted by Crippen LogP contribution is 2.03. The van der Waals surface area contributed by atoms with E-state index >= 15 is 0 Å². The van der Waals surface area contributed by atoms with Gasteiger partial charge in [0, 0.05) is 13.1 Å². The zero-order chi connectivity index (χ0) is 11.8. The van der Waals surface area contributed by atoms with Gasteiger partial charge in [-0.05, 0) is 26.8 Å². The molecule has 0 saturated carbocycles. The summed E-state index contributed by atoms with van der Waals surface area (Å²) in [5.74, 6) is 0.688. The molecule has 0 amide bonds. The molecule has 0 aliphatic rings. The lowest BCUT2D eigenvalue weighted by molar-refractivity contribution is -0.00674. The number of aliphatic hydroxyl groups is 1. The fourth-order valence-electron chi connectivity index (χ4n) is 1.45. The third-order valence-electron chi connectivity index (χ3n) is 2.46. The number of rotatable bonds is 8. The first-order valence-electron chi connectivity index (χ1n) is 5.93. The Kier molecular flexibility index (Phi) is 8.02. The SMILES string of the molecule is CCC(C)CN(C)CC(O)COC(C)C. The summed E-state index contributed by atoms with van der Waals surface area (Å²) in [4.78, 5) is 2.17. The quantitative estimate of drug-likeness (QED) is 0.672. The van der Waals surface area contributed by atoms with Crippen LogP contribution >= 0.6 is 0 Å². The monoisotopic (exact) mass is 217 g/mol. The first-order valence-corrected chi connectivity index (χ1v) is 5.93. The summed E-state index contributed by atoms with van der Waals surface area (Å²) in [6.07, 6.45) is 1.00. The maximum Gasteiger partial charge on any atom is 0.0900 e. The van der Waals surface area contributed by atoms with Gasteiger partial charge in [0.1, 0.15) is 0 Å². The minimum atomic E-state index is -0.374. The maximum atomic E-state index is 9.69. The van der Waals surface area contributed by atoms with Crippen molar-refractivity contribution < 1.29 is 9.84 Å². The lowest BCUT2D eigenvalue weighted by Crippen LogP contribution is -2.35. The van der Waals surface area contributed by atoms with E-state index in [4.69, 9.17) is 4.74 Å². The molecule has 3 heteroatoms. The molecule has 0 fully saturated rings. The van der Waals surface area contributed by atoms with E-state index in [9.17, 15) is 5.11 Å².